The van der Waals surface area contributed by atoms with Gasteiger partial charge in [0.05, 0.1) is 6.10 Å². The van der Waals surface area contributed by atoms with E-state index in [9.17, 15) is 0 Å². The van der Waals surface area contributed by atoms with Gasteiger partial charge < -0.3 is 4.74 Å². The van der Waals surface area contributed by atoms with Crippen molar-refractivity contribution in [3.63, 3.8) is 0 Å². The molecule has 0 spiro atoms. The fraction of sp³-hybridized carbons (Fsp3) is 1.00. The Morgan fingerprint density at radius 1 is 0.458 bits per heavy atom. The number of ether oxygens (including phenoxy) is 1. The summed E-state index contributed by atoms with van der Waals surface area (Å²) >= 11 is 0. The molecule has 0 aliphatic heterocycles. The minimum absolute atomic E-state index is 0.399. The molecular weight excluding hydrogens is 292 g/mol. The molecule has 146 valence electrons. The van der Waals surface area contributed by atoms with E-state index in [4.69, 9.17) is 4.74 Å². The maximum absolute atomic E-state index is 5.57. The van der Waals surface area contributed by atoms with Crippen molar-refractivity contribution in [3.05, 3.63) is 0 Å². The number of rotatable bonds is 20. The summed E-state index contributed by atoms with van der Waals surface area (Å²) in [6.07, 6.45) is 26.3. The molecule has 0 unspecified atom stereocenters. The second-order valence-corrected chi connectivity index (χ2v) is 7.93. The molecule has 0 saturated carbocycles. The van der Waals surface area contributed by atoms with Crippen LogP contribution in [0.25, 0.3) is 0 Å². The van der Waals surface area contributed by atoms with E-state index in [2.05, 4.69) is 20.8 Å². The van der Waals surface area contributed by atoms with Crippen LogP contribution in [-0.2, 0) is 4.74 Å². The smallest absolute Gasteiger partial charge is 0.0518 e. The van der Waals surface area contributed by atoms with Crippen molar-refractivity contribution in [2.24, 2.45) is 0 Å². The highest BCUT2D eigenvalue weighted by atomic mass is 16.5. The summed E-state index contributed by atoms with van der Waals surface area (Å²) in [5.41, 5.74) is 0. The van der Waals surface area contributed by atoms with Crippen molar-refractivity contribution in [2.45, 2.75) is 142 Å². The Hall–Kier alpha value is -0.0400. The van der Waals surface area contributed by atoms with E-state index in [1.165, 1.54) is 116 Å². The number of hydrogen-bond acceptors (Lipinski definition) is 1. The molecule has 1 nitrogen and oxygen atoms in total. The van der Waals surface area contributed by atoms with Gasteiger partial charge in [-0.3, -0.25) is 0 Å². The highest BCUT2D eigenvalue weighted by Gasteiger charge is 1.96. The molecule has 24 heavy (non-hydrogen) atoms. The molecule has 0 bridgehead atoms. The minimum Gasteiger partial charge on any atom is -0.379 e. The van der Waals surface area contributed by atoms with Crippen molar-refractivity contribution >= 4 is 0 Å². The summed E-state index contributed by atoms with van der Waals surface area (Å²) in [6, 6.07) is 0. The summed E-state index contributed by atoms with van der Waals surface area (Å²) in [5, 5.41) is 0. The zero-order valence-corrected chi connectivity index (χ0v) is 17.4. The van der Waals surface area contributed by atoms with Crippen LogP contribution in [0.2, 0.25) is 0 Å². The van der Waals surface area contributed by atoms with Gasteiger partial charge in [-0.05, 0) is 20.3 Å². The van der Waals surface area contributed by atoms with Gasteiger partial charge in [-0.2, -0.15) is 0 Å². The van der Waals surface area contributed by atoms with Gasteiger partial charge in [-0.25, -0.2) is 0 Å². The van der Waals surface area contributed by atoms with Gasteiger partial charge in [0.1, 0.15) is 0 Å². The summed E-state index contributed by atoms with van der Waals surface area (Å²) in [6.45, 7) is 7.49. The van der Waals surface area contributed by atoms with Gasteiger partial charge in [-0.1, -0.05) is 116 Å². The van der Waals surface area contributed by atoms with E-state index >= 15 is 0 Å². The second-order valence-electron chi connectivity index (χ2n) is 7.93. The van der Waals surface area contributed by atoms with E-state index in [1.807, 2.05) is 0 Å². The maximum Gasteiger partial charge on any atom is 0.0518 e. The monoisotopic (exact) mass is 340 g/mol. The lowest BCUT2D eigenvalue weighted by Crippen LogP contribution is -2.03. The Bertz CT molecular complexity index is 212. The Morgan fingerprint density at radius 3 is 1.04 bits per heavy atom. The highest BCUT2D eigenvalue weighted by Crippen LogP contribution is 2.14. The van der Waals surface area contributed by atoms with Crippen LogP contribution >= 0.6 is 0 Å². The Kier molecular flexibility index (Phi) is 21.0. The highest BCUT2D eigenvalue weighted by molar-refractivity contribution is 4.50. The SMILES string of the molecule is CCCCCCCCCCCCCCCCCCCCOC(C)C. The molecule has 0 aromatic heterocycles. The summed E-state index contributed by atoms with van der Waals surface area (Å²) in [4.78, 5) is 0. The molecule has 0 saturated heterocycles. The normalized spacial score (nSPS) is 11.5. The van der Waals surface area contributed by atoms with Crippen LogP contribution in [0.3, 0.4) is 0 Å². The van der Waals surface area contributed by atoms with Crippen LogP contribution in [-0.4, -0.2) is 12.7 Å². The first-order chi connectivity index (χ1) is 11.8. The topological polar surface area (TPSA) is 9.23 Å². The average molecular weight is 341 g/mol. The Labute approximate surface area is 154 Å². The van der Waals surface area contributed by atoms with Crippen LogP contribution in [0, 0.1) is 0 Å². The van der Waals surface area contributed by atoms with Crippen molar-refractivity contribution in [2.75, 3.05) is 6.61 Å². The largest absolute Gasteiger partial charge is 0.379 e. The molecule has 0 atom stereocenters. The third kappa shape index (κ3) is 22.0. The molecule has 0 aromatic carbocycles. The predicted octanol–water partition coefficient (Wildman–Crippen LogP) is 8.45. The zero-order chi connectivity index (χ0) is 17.7. The minimum atomic E-state index is 0.399. The van der Waals surface area contributed by atoms with Crippen LogP contribution in [0.1, 0.15) is 136 Å². The van der Waals surface area contributed by atoms with Crippen molar-refractivity contribution < 1.29 is 4.74 Å². The molecule has 0 aromatic rings. The quantitative estimate of drug-likeness (QED) is 0.202. The summed E-state index contributed by atoms with van der Waals surface area (Å²) in [7, 11) is 0. The number of hydrogen-bond donors (Lipinski definition) is 0. The first kappa shape index (κ1) is 24.0. The third-order valence-corrected chi connectivity index (χ3v) is 4.95. The van der Waals surface area contributed by atoms with E-state index in [-0.39, 0.29) is 0 Å². The maximum atomic E-state index is 5.57. The van der Waals surface area contributed by atoms with Crippen LogP contribution in [0.5, 0.6) is 0 Å². The van der Waals surface area contributed by atoms with E-state index in [1.54, 1.807) is 0 Å². The first-order valence-corrected chi connectivity index (χ1v) is 11.4. The van der Waals surface area contributed by atoms with Crippen molar-refractivity contribution in [3.8, 4) is 0 Å². The van der Waals surface area contributed by atoms with E-state index in [0.29, 0.717) is 6.10 Å². The lowest BCUT2D eigenvalue weighted by molar-refractivity contribution is 0.0756. The molecule has 1 heteroatoms. The van der Waals surface area contributed by atoms with Gasteiger partial charge in [0.25, 0.3) is 0 Å². The van der Waals surface area contributed by atoms with Crippen LogP contribution in [0.4, 0.5) is 0 Å². The van der Waals surface area contributed by atoms with Gasteiger partial charge >= 0.3 is 0 Å². The lowest BCUT2D eigenvalue weighted by Gasteiger charge is -2.07. The predicted molar refractivity (Wildman–Crippen MR) is 110 cm³/mol. The third-order valence-electron chi connectivity index (χ3n) is 4.95. The van der Waals surface area contributed by atoms with Gasteiger partial charge in [0.2, 0.25) is 0 Å². The second kappa shape index (κ2) is 21.0. The van der Waals surface area contributed by atoms with Gasteiger partial charge in [0, 0.05) is 6.61 Å². The fourth-order valence-electron chi connectivity index (χ4n) is 3.32. The Balaban J connectivity index is 2.95. The van der Waals surface area contributed by atoms with E-state index < -0.39 is 0 Å². The molecule has 0 aliphatic carbocycles. The average Bonchev–Trinajstić information content (AvgIpc) is 2.56. The summed E-state index contributed by atoms with van der Waals surface area (Å²) < 4.78 is 5.57. The zero-order valence-electron chi connectivity index (χ0n) is 17.4. The molecule has 0 rings (SSSR count). The number of unbranched alkanes of at least 4 members (excludes halogenated alkanes) is 17. The summed E-state index contributed by atoms with van der Waals surface area (Å²) in [5.74, 6) is 0. The molecular formula is C23H48O. The lowest BCUT2D eigenvalue weighted by atomic mass is 10.0. The molecule has 0 fully saturated rings. The standard InChI is InChI=1S/C23H48O/c1-4-5-6-7-8-9-10-11-12-13-14-15-16-17-18-19-20-21-22-24-23(2)3/h23H,4-22H2,1-3H3. The van der Waals surface area contributed by atoms with Crippen molar-refractivity contribution in [1.29, 1.82) is 0 Å². The molecule has 0 radical (unpaired) electrons. The molecule has 0 N–H and O–H groups in total. The van der Waals surface area contributed by atoms with Crippen molar-refractivity contribution in [1.82, 2.24) is 0 Å². The molecule has 0 aliphatic rings. The van der Waals surface area contributed by atoms with E-state index in [0.717, 1.165) is 6.61 Å². The first-order valence-electron chi connectivity index (χ1n) is 11.4. The molecule has 0 heterocycles. The van der Waals surface area contributed by atoms with Crippen LogP contribution < -0.4 is 0 Å². The van der Waals surface area contributed by atoms with Crippen LogP contribution in [0.15, 0.2) is 0 Å². The molecule has 0 amide bonds. The van der Waals surface area contributed by atoms with Gasteiger partial charge in [-0.15, -0.1) is 0 Å². The fourth-order valence-corrected chi connectivity index (χ4v) is 3.32. The Morgan fingerprint density at radius 2 is 0.750 bits per heavy atom. The van der Waals surface area contributed by atoms with Gasteiger partial charge in [0.15, 0.2) is 0 Å².